The maximum Gasteiger partial charge on any atom is 0.408 e. The number of nitrogens with one attached hydrogen (secondary N) is 2. The quantitative estimate of drug-likeness (QED) is 0.337. The second-order valence-corrected chi connectivity index (χ2v) is 10.6. The van der Waals surface area contributed by atoms with E-state index in [-0.39, 0.29) is 24.1 Å². The summed E-state index contributed by atoms with van der Waals surface area (Å²) in [6.07, 6.45) is 3.93. The highest BCUT2D eigenvalue weighted by Gasteiger charge is 2.37. The molecule has 0 fully saturated rings. The van der Waals surface area contributed by atoms with Crippen molar-refractivity contribution in [2.24, 2.45) is 0 Å². The predicted molar refractivity (Wildman–Crippen MR) is 142 cm³/mol. The molecule has 35 heavy (non-hydrogen) atoms. The van der Waals surface area contributed by atoms with Crippen molar-refractivity contribution in [3.05, 3.63) is 29.3 Å². The Morgan fingerprint density at radius 2 is 1.86 bits per heavy atom. The van der Waals surface area contributed by atoms with E-state index in [9.17, 15) is 19.5 Å². The van der Waals surface area contributed by atoms with Crippen LogP contribution in [0.1, 0.15) is 77.5 Å². The first-order chi connectivity index (χ1) is 16.5. The molecule has 0 saturated carbocycles. The number of nitrogens with zero attached hydrogens (tertiary/aromatic N) is 1. The lowest BCUT2D eigenvalue weighted by molar-refractivity contribution is -0.142. The van der Waals surface area contributed by atoms with Crippen molar-refractivity contribution in [2.75, 3.05) is 25.1 Å². The number of aryl methyl sites for hydroxylation is 1. The normalized spacial score (nSPS) is 13.0. The molecule has 0 aliphatic carbocycles. The maximum atomic E-state index is 13.9. The van der Waals surface area contributed by atoms with Gasteiger partial charge in [0.05, 0.1) is 0 Å². The number of amides is 3. The van der Waals surface area contributed by atoms with E-state index in [0.717, 1.165) is 12.8 Å². The largest absolute Gasteiger partial charge is 0.507 e. The van der Waals surface area contributed by atoms with Crippen molar-refractivity contribution in [1.82, 2.24) is 15.5 Å². The molecule has 0 aliphatic rings. The van der Waals surface area contributed by atoms with E-state index in [4.69, 9.17) is 4.74 Å². The number of rotatable bonds is 13. The number of benzene rings is 1. The summed E-state index contributed by atoms with van der Waals surface area (Å²) in [5, 5.41) is 16.5. The first-order valence-corrected chi connectivity index (χ1v) is 13.7. The average molecular weight is 510 g/mol. The van der Waals surface area contributed by atoms with E-state index in [2.05, 4.69) is 10.6 Å². The second kappa shape index (κ2) is 14.9. The SMILES string of the molecule is CCCCNC(=O)C(c1cccc(C)c1O)N(CCC)C(=O)C(CCSC)NC(=O)OC(C)(C)C. The number of thioether (sulfide) groups is 1. The zero-order valence-corrected chi connectivity index (χ0v) is 23.1. The summed E-state index contributed by atoms with van der Waals surface area (Å²) in [5.74, 6) is -0.127. The first kappa shape index (κ1) is 30.6. The van der Waals surface area contributed by atoms with Gasteiger partial charge in [-0.25, -0.2) is 4.79 Å². The predicted octanol–water partition coefficient (Wildman–Crippen LogP) is 4.54. The zero-order chi connectivity index (χ0) is 26.6. The molecule has 0 saturated heterocycles. The van der Waals surface area contributed by atoms with Crippen molar-refractivity contribution in [2.45, 2.75) is 84.9 Å². The molecule has 1 aromatic carbocycles. The van der Waals surface area contributed by atoms with Gasteiger partial charge in [0.1, 0.15) is 23.4 Å². The molecular weight excluding hydrogens is 466 g/mol. The third-order valence-corrected chi connectivity index (χ3v) is 5.94. The van der Waals surface area contributed by atoms with Gasteiger partial charge in [0.2, 0.25) is 11.8 Å². The lowest BCUT2D eigenvalue weighted by Gasteiger charge is -2.34. The molecule has 3 amide bonds. The van der Waals surface area contributed by atoms with Crippen molar-refractivity contribution in [3.63, 3.8) is 0 Å². The van der Waals surface area contributed by atoms with Gasteiger partial charge >= 0.3 is 6.09 Å². The number of alkyl carbamates (subject to hydrolysis) is 1. The minimum Gasteiger partial charge on any atom is -0.507 e. The van der Waals surface area contributed by atoms with Gasteiger partial charge in [0.15, 0.2) is 0 Å². The molecule has 0 spiro atoms. The highest BCUT2D eigenvalue weighted by atomic mass is 32.2. The van der Waals surface area contributed by atoms with Gasteiger partial charge in [-0.1, -0.05) is 38.5 Å². The van der Waals surface area contributed by atoms with Crippen LogP contribution >= 0.6 is 11.8 Å². The molecule has 0 aromatic heterocycles. The summed E-state index contributed by atoms with van der Waals surface area (Å²) in [6, 6.07) is 3.27. The summed E-state index contributed by atoms with van der Waals surface area (Å²) in [7, 11) is 0. The molecule has 1 rings (SSSR count). The Hall–Kier alpha value is -2.42. The van der Waals surface area contributed by atoms with E-state index in [1.807, 2.05) is 20.1 Å². The number of carbonyl (C=O) groups is 3. The molecule has 0 bridgehead atoms. The molecule has 3 N–H and O–H groups in total. The molecule has 0 heterocycles. The monoisotopic (exact) mass is 509 g/mol. The van der Waals surface area contributed by atoms with Crippen LogP contribution in [0.3, 0.4) is 0 Å². The number of para-hydroxylation sites is 1. The zero-order valence-electron chi connectivity index (χ0n) is 22.3. The lowest BCUT2D eigenvalue weighted by atomic mass is 9.98. The van der Waals surface area contributed by atoms with Crippen molar-refractivity contribution in [3.8, 4) is 5.75 Å². The van der Waals surface area contributed by atoms with Crippen LogP contribution in [0.15, 0.2) is 18.2 Å². The molecule has 198 valence electrons. The molecule has 8 nitrogen and oxygen atoms in total. The summed E-state index contributed by atoms with van der Waals surface area (Å²) in [6.45, 7) is 11.7. The Kier molecular flexibility index (Phi) is 13.0. The van der Waals surface area contributed by atoms with Crippen LogP contribution in [0.4, 0.5) is 4.79 Å². The highest BCUT2D eigenvalue weighted by Crippen LogP contribution is 2.32. The van der Waals surface area contributed by atoms with Gasteiger partial charge in [0, 0.05) is 18.7 Å². The Balaban J connectivity index is 3.43. The van der Waals surface area contributed by atoms with Crippen LogP contribution in [0.5, 0.6) is 5.75 Å². The van der Waals surface area contributed by atoms with E-state index in [1.165, 1.54) is 4.90 Å². The van der Waals surface area contributed by atoms with Gasteiger partial charge < -0.3 is 25.4 Å². The third kappa shape index (κ3) is 9.99. The average Bonchev–Trinajstić information content (AvgIpc) is 2.77. The van der Waals surface area contributed by atoms with Gasteiger partial charge in [-0.2, -0.15) is 11.8 Å². The Morgan fingerprint density at radius 1 is 1.17 bits per heavy atom. The standard InChI is InChI=1S/C26H43N3O5S/c1-8-10-15-27-23(31)21(19-13-11-12-18(3)22(19)30)29(16-9-2)24(32)20(14-17-35-7)28-25(33)34-26(4,5)6/h11-13,20-21,30H,8-10,14-17H2,1-7H3,(H,27,31)(H,28,33). The summed E-state index contributed by atoms with van der Waals surface area (Å²) < 4.78 is 5.38. The number of aromatic hydroxyl groups is 1. The van der Waals surface area contributed by atoms with Crippen LogP contribution in [-0.2, 0) is 14.3 Å². The number of phenolic OH excluding ortho intramolecular Hbond substituents is 1. The first-order valence-electron chi connectivity index (χ1n) is 12.3. The van der Waals surface area contributed by atoms with Gasteiger partial charge in [-0.15, -0.1) is 0 Å². The topological polar surface area (TPSA) is 108 Å². The van der Waals surface area contributed by atoms with E-state index >= 15 is 0 Å². The maximum absolute atomic E-state index is 13.9. The number of hydrogen-bond acceptors (Lipinski definition) is 6. The number of unbranched alkanes of at least 4 members (excludes halogenated alkanes) is 1. The fourth-order valence-corrected chi connectivity index (χ4v) is 4.06. The van der Waals surface area contributed by atoms with Crippen LogP contribution in [0.2, 0.25) is 0 Å². The van der Waals surface area contributed by atoms with Crippen LogP contribution in [0.25, 0.3) is 0 Å². The van der Waals surface area contributed by atoms with Crippen molar-refractivity contribution in [1.29, 1.82) is 0 Å². The number of ether oxygens (including phenoxy) is 1. The fourth-order valence-electron chi connectivity index (χ4n) is 3.59. The van der Waals surface area contributed by atoms with Crippen LogP contribution in [-0.4, -0.2) is 64.7 Å². The third-order valence-electron chi connectivity index (χ3n) is 5.30. The minimum absolute atomic E-state index is 0.0159. The number of hydrogen-bond donors (Lipinski definition) is 3. The van der Waals surface area contributed by atoms with E-state index in [1.54, 1.807) is 57.7 Å². The Bertz CT molecular complexity index is 841. The van der Waals surface area contributed by atoms with Crippen molar-refractivity contribution >= 4 is 29.7 Å². The molecule has 0 aliphatic heterocycles. The van der Waals surface area contributed by atoms with E-state index < -0.39 is 23.8 Å². The lowest BCUT2D eigenvalue weighted by Crippen LogP contribution is -2.53. The van der Waals surface area contributed by atoms with Crippen LogP contribution in [0, 0.1) is 6.92 Å². The summed E-state index contributed by atoms with van der Waals surface area (Å²) in [4.78, 5) is 41.3. The highest BCUT2D eigenvalue weighted by molar-refractivity contribution is 7.98. The van der Waals surface area contributed by atoms with Gasteiger partial charge in [-0.3, -0.25) is 9.59 Å². The molecule has 2 atom stereocenters. The number of phenols is 1. The molecule has 9 heteroatoms. The molecule has 2 unspecified atom stereocenters. The van der Waals surface area contributed by atoms with Crippen LogP contribution < -0.4 is 10.6 Å². The van der Waals surface area contributed by atoms with Gasteiger partial charge in [0.25, 0.3) is 0 Å². The second-order valence-electron chi connectivity index (χ2n) is 9.57. The van der Waals surface area contributed by atoms with Gasteiger partial charge in [-0.05, 0) is 64.5 Å². The summed E-state index contributed by atoms with van der Waals surface area (Å²) in [5.41, 5.74) is 0.264. The smallest absolute Gasteiger partial charge is 0.408 e. The molecule has 0 radical (unpaired) electrons. The van der Waals surface area contributed by atoms with Crippen molar-refractivity contribution < 1.29 is 24.2 Å². The number of carbonyl (C=O) groups excluding carboxylic acids is 3. The molecular formula is C26H43N3O5S. The summed E-state index contributed by atoms with van der Waals surface area (Å²) >= 11 is 1.56. The minimum atomic E-state index is -1.03. The molecule has 1 aromatic rings. The Morgan fingerprint density at radius 3 is 2.43 bits per heavy atom. The fraction of sp³-hybridized carbons (Fsp3) is 0.654. The van der Waals surface area contributed by atoms with E-state index in [0.29, 0.717) is 36.3 Å². The Labute approximate surface area is 214 Å².